The number of carbonyl (C=O) groups excluding carboxylic acids is 2. The minimum Gasteiger partial charge on any atom is -0.490 e. The van der Waals surface area contributed by atoms with Crippen LogP contribution in [0.3, 0.4) is 0 Å². The van der Waals surface area contributed by atoms with Crippen LogP contribution in [0, 0.1) is 0 Å². The third-order valence-corrected chi connectivity index (χ3v) is 5.64. The van der Waals surface area contributed by atoms with E-state index in [4.69, 9.17) is 9.47 Å². The van der Waals surface area contributed by atoms with Crippen LogP contribution in [0.1, 0.15) is 32.3 Å². The van der Waals surface area contributed by atoms with Crippen molar-refractivity contribution in [2.75, 3.05) is 36.0 Å². The minimum atomic E-state index is -0.153. The van der Waals surface area contributed by atoms with Crippen LogP contribution < -0.4 is 19.9 Å². The number of ether oxygens (including phenoxy) is 2. The molecule has 170 valence electrons. The lowest BCUT2D eigenvalue weighted by molar-refractivity contribution is -0.125. The van der Waals surface area contributed by atoms with E-state index in [0.717, 1.165) is 30.2 Å². The largest absolute Gasteiger partial charge is 0.490 e. The Morgan fingerprint density at radius 1 is 1.09 bits per heavy atom. The number of anilines is 2. The lowest BCUT2D eigenvalue weighted by atomic mass is 10.2. The summed E-state index contributed by atoms with van der Waals surface area (Å²) in [4.78, 5) is 33.4. The van der Waals surface area contributed by atoms with Gasteiger partial charge in [0, 0.05) is 38.7 Å². The molecule has 0 bridgehead atoms. The second kappa shape index (κ2) is 9.99. The second-order valence-electron chi connectivity index (χ2n) is 8.33. The van der Waals surface area contributed by atoms with Gasteiger partial charge in [-0.1, -0.05) is 18.2 Å². The molecule has 1 N–H and O–H groups in total. The Morgan fingerprint density at radius 3 is 2.62 bits per heavy atom. The highest BCUT2D eigenvalue weighted by Crippen LogP contribution is 2.31. The Kier molecular flexibility index (Phi) is 6.90. The predicted octanol–water partition coefficient (Wildman–Crippen LogP) is 2.52. The first-order chi connectivity index (χ1) is 15.5. The van der Waals surface area contributed by atoms with Gasteiger partial charge in [-0.25, -0.2) is 4.98 Å². The van der Waals surface area contributed by atoms with Crippen LogP contribution in [0.2, 0.25) is 0 Å². The quantitative estimate of drug-likeness (QED) is 0.746. The molecular formula is C24H30N4O4. The molecule has 1 aromatic heterocycles. The Bertz CT molecular complexity index is 939. The Labute approximate surface area is 188 Å². The third kappa shape index (κ3) is 5.37. The summed E-state index contributed by atoms with van der Waals surface area (Å²) in [5, 5.41) is 2.88. The van der Waals surface area contributed by atoms with E-state index in [2.05, 4.69) is 29.0 Å². The van der Waals surface area contributed by atoms with Crippen LogP contribution in [0.4, 0.5) is 11.5 Å². The molecule has 8 heteroatoms. The first-order valence-corrected chi connectivity index (χ1v) is 11.1. The van der Waals surface area contributed by atoms with Gasteiger partial charge in [-0.05, 0) is 37.6 Å². The smallest absolute Gasteiger partial charge is 0.227 e. The summed E-state index contributed by atoms with van der Waals surface area (Å²) >= 11 is 0. The zero-order chi connectivity index (χ0) is 22.5. The Hall–Kier alpha value is -3.13. The number of aromatic nitrogens is 1. The zero-order valence-corrected chi connectivity index (χ0v) is 18.6. The maximum absolute atomic E-state index is 12.6. The van der Waals surface area contributed by atoms with Crippen LogP contribution in [0.25, 0.3) is 0 Å². The molecule has 8 nitrogen and oxygen atoms in total. The van der Waals surface area contributed by atoms with E-state index in [9.17, 15) is 9.59 Å². The standard InChI is InChI=1S/C24H30N4O4/c1-17-15-27(16-18(2)32-17)22-8-7-19(13-25-22)14-26-23(29)9-10-24(30)28-11-12-31-21-6-4-3-5-20(21)28/h3-8,13,17-18H,9-12,14-16H2,1-2H3,(H,26,29). The average Bonchev–Trinajstić information content (AvgIpc) is 2.80. The van der Waals surface area contributed by atoms with Gasteiger partial charge in [-0.15, -0.1) is 0 Å². The van der Waals surface area contributed by atoms with Gasteiger partial charge in [0.05, 0.1) is 24.4 Å². The normalized spacial score (nSPS) is 20.3. The topological polar surface area (TPSA) is 84.0 Å². The molecular weight excluding hydrogens is 408 g/mol. The molecule has 0 radical (unpaired) electrons. The van der Waals surface area contributed by atoms with Gasteiger partial charge >= 0.3 is 0 Å². The van der Waals surface area contributed by atoms with Gasteiger partial charge in [0.1, 0.15) is 18.2 Å². The van der Waals surface area contributed by atoms with Crippen LogP contribution in [-0.4, -0.2) is 55.2 Å². The van der Waals surface area contributed by atoms with Crippen molar-refractivity contribution in [3.8, 4) is 5.75 Å². The van der Waals surface area contributed by atoms with E-state index in [1.807, 2.05) is 36.4 Å². The molecule has 1 fully saturated rings. The van der Waals surface area contributed by atoms with E-state index >= 15 is 0 Å². The van der Waals surface area contributed by atoms with Crippen molar-refractivity contribution >= 4 is 23.3 Å². The van der Waals surface area contributed by atoms with Crippen molar-refractivity contribution in [3.05, 3.63) is 48.2 Å². The predicted molar refractivity (Wildman–Crippen MR) is 122 cm³/mol. The molecule has 0 aliphatic carbocycles. The molecule has 2 aromatic rings. The third-order valence-electron chi connectivity index (χ3n) is 5.64. The summed E-state index contributed by atoms with van der Waals surface area (Å²) in [5.41, 5.74) is 1.68. The van der Waals surface area contributed by atoms with E-state index in [0.29, 0.717) is 25.4 Å². The molecule has 1 saturated heterocycles. The molecule has 3 heterocycles. The lowest BCUT2D eigenvalue weighted by Crippen LogP contribution is -2.45. The fraction of sp³-hybridized carbons (Fsp3) is 0.458. The molecule has 32 heavy (non-hydrogen) atoms. The number of fused-ring (bicyclic) bond motifs is 1. The lowest BCUT2D eigenvalue weighted by Gasteiger charge is -2.36. The number of hydrogen-bond donors (Lipinski definition) is 1. The number of pyridine rings is 1. The Morgan fingerprint density at radius 2 is 1.88 bits per heavy atom. The number of nitrogens with one attached hydrogen (secondary N) is 1. The summed E-state index contributed by atoms with van der Waals surface area (Å²) < 4.78 is 11.4. The zero-order valence-electron chi connectivity index (χ0n) is 18.6. The first kappa shape index (κ1) is 22.1. The summed E-state index contributed by atoms with van der Waals surface area (Å²) in [7, 11) is 0. The SMILES string of the molecule is CC1CN(c2ccc(CNC(=O)CCC(=O)N3CCOc4ccccc43)cn2)CC(C)O1. The second-order valence-corrected chi connectivity index (χ2v) is 8.33. The number of amides is 2. The number of morpholine rings is 1. The van der Waals surface area contributed by atoms with Crippen molar-refractivity contribution in [2.24, 2.45) is 0 Å². The van der Waals surface area contributed by atoms with Crippen LogP contribution in [0.15, 0.2) is 42.6 Å². The summed E-state index contributed by atoms with van der Waals surface area (Å²) in [5.74, 6) is 1.39. The van der Waals surface area contributed by atoms with Crippen molar-refractivity contribution in [3.63, 3.8) is 0 Å². The molecule has 2 aliphatic rings. The summed E-state index contributed by atoms with van der Waals surface area (Å²) in [6.07, 6.45) is 2.44. The van der Waals surface area contributed by atoms with E-state index in [1.54, 1.807) is 11.1 Å². The summed E-state index contributed by atoms with van der Waals surface area (Å²) in [6, 6.07) is 11.4. The number of nitrogens with zero attached hydrogens (tertiary/aromatic N) is 3. The highest BCUT2D eigenvalue weighted by molar-refractivity contribution is 5.97. The number of carbonyl (C=O) groups is 2. The van der Waals surface area contributed by atoms with Gasteiger partial charge < -0.3 is 24.6 Å². The number of rotatable bonds is 6. The van der Waals surface area contributed by atoms with Crippen LogP contribution in [-0.2, 0) is 20.9 Å². The molecule has 2 atom stereocenters. The fourth-order valence-corrected chi connectivity index (χ4v) is 4.15. The molecule has 2 unspecified atom stereocenters. The molecule has 4 rings (SSSR count). The van der Waals surface area contributed by atoms with Gasteiger partial charge in [-0.3, -0.25) is 9.59 Å². The maximum Gasteiger partial charge on any atom is 0.227 e. The molecule has 2 amide bonds. The van der Waals surface area contributed by atoms with E-state index in [1.165, 1.54) is 0 Å². The van der Waals surface area contributed by atoms with Crippen LogP contribution in [0.5, 0.6) is 5.75 Å². The van der Waals surface area contributed by atoms with Crippen molar-refractivity contribution in [1.82, 2.24) is 10.3 Å². The van der Waals surface area contributed by atoms with Crippen LogP contribution >= 0.6 is 0 Å². The molecule has 0 spiro atoms. The average molecular weight is 439 g/mol. The highest BCUT2D eigenvalue weighted by atomic mass is 16.5. The maximum atomic E-state index is 12.6. The van der Waals surface area contributed by atoms with Gasteiger partial charge in [0.15, 0.2) is 0 Å². The van der Waals surface area contributed by atoms with E-state index < -0.39 is 0 Å². The number of hydrogen-bond acceptors (Lipinski definition) is 6. The van der Waals surface area contributed by atoms with Gasteiger partial charge in [0.25, 0.3) is 0 Å². The van der Waals surface area contributed by atoms with Crippen molar-refractivity contribution in [1.29, 1.82) is 0 Å². The summed E-state index contributed by atoms with van der Waals surface area (Å²) in [6.45, 7) is 7.10. The van der Waals surface area contributed by atoms with E-state index in [-0.39, 0.29) is 36.9 Å². The molecule has 0 saturated carbocycles. The first-order valence-electron chi connectivity index (χ1n) is 11.1. The number of para-hydroxylation sites is 2. The number of benzene rings is 1. The monoisotopic (exact) mass is 438 g/mol. The Balaban J connectivity index is 1.24. The fourth-order valence-electron chi connectivity index (χ4n) is 4.15. The van der Waals surface area contributed by atoms with Gasteiger partial charge in [0.2, 0.25) is 11.8 Å². The molecule has 1 aromatic carbocycles. The highest BCUT2D eigenvalue weighted by Gasteiger charge is 2.24. The van der Waals surface area contributed by atoms with Crippen molar-refractivity contribution in [2.45, 2.75) is 45.4 Å². The molecule has 2 aliphatic heterocycles. The van der Waals surface area contributed by atoms with Gasteiger partial charge in [-0.2, -0.15) is 0 Å². The minimum absolute atomic E-state index is 0.0733. The van der Waals surface area contributed by atoms with Crippen molar-refractivity contribution < 1.29 is 19.1 Å².